The quantitative estimate of drug-likeness (QED) is 0.490. The Kier molecular flexibility index (Phi) is 5.78. The molecule has 162 valence electrons. The van der Waals surface area contributed by atoms with Crippen molar-refractivity contribution >= 4 is 39.1 Å². The number of hydrogen-bond acceptors (Lipinski definition) is 5. The Morgan fingerprint density at radius 3 is 2.50 bits per heavy atom. The van der Waals surface area contributed by atoms with Crippen LogP contribution in [0.3, 0.4) is 0 Å². The van der Waals surface area contributed by atoms with E-state index in [1.54, 1.807) is 12.1 Å². The Bertz CT molecular complexity index is 1330. The molecule has 0 atom stereocenters. The van der Waals surface area contributed by atoms with Crippen molar-refractivity contribution in [1.29, 1.82) is 0 Å². The van der Waals surface area contributed by atoms with Crippen molar-refractivity contribution in [3.63, 3.8) is 0 Å². The Morgan fingerprint density at radius 2 is 1.75 bits per heavy atom. The standard InChI is InChI=1S/C24H21ClN4O2S/c25-19-9-5-4-8-17(19)24(31)29-12-10-28(11-13-29)15-21-26-22(30)18-14-20(32-23(18)27-21)16-6-2-1-3-7-16/h1-9,14H,10-13,15H2,(H,26,27,30). The van der Waals surface area contributed by atoms with Crippen molar-refractivity contribution in [2.75, 3.05) is 26.2 Å². The van der Waals surface area contributed by atoms with Crippen LogP contribution in [-0.4, -0.2) is 51.9 Å². The maximum atomic E-state index is 12.8. The number of halogens is 1. The molecular weight excluding hydrogens is 444 g/mol. The molecule has 1 saturated heterocycles. The zero-order valence-electron chi connectivity index (χ0n) is 17.3. The van der Waals surface area contributed by atoms with Gasteiger partial charge in [0.2, 0.25) is 0 Å². The van der Waals surface area contributed by atoms with Gasteiger partial charge in [0.25, 0.3) is 11.5 Å². The average Bonchev–Trinajstić information content (AvgIpc) is 3.25. The van der Waals surface area contributed by atoms with Gasteiger partial charge in [-0.15, -0.1) is 11.3 Å². The first-order valence-electron chi connectivity index (χ1n) is 10.4. The van der Waals surface area contributed by atoms with Crippen LogP contribution in [0.5, 0.6) is 0 Å². The predicted molar refractivity (Wildman–Crippen MR) is 128 cm³/mol. The summed E-state index contributed by atoms with van der Waals surface area (Å²) in [6.45, 7) is 3.16. The Labute approximate surface area is 194 Å². The highest BCUT2D eigenvalue weighted by Crippen LogP contribution is 2.30. The molecule has 0 bridgehead atoms. The first-order chi connectivity index (χ1) is 15.6. The smallest absolute Gasteiger partial charge is 0.259 e. The lowest BCUT2D eigenvalue weighted by molar-refractivity contribution is 0.0625. The number of hydrogen-bond donors (Lipinski definition) is 1. The molecule has 8 heteroatoms. The number of amides is 1. The molecule has 2 aromatic carbocycles. The third-order valence-electron chi connectivity index (χ3n) is 5.65. The van der Waals surface area contributed by atoms with E-state index < -0.39 is 0 Å². The summed E-state index contributed by atoms with van der Waals surface area (Å²) in [5.74, 6) is 0.602. The molecular formula is C24H21ClN4O2S. The Morgan fingerprint density at radius 1 is 1.03 bits per heavy atom. The highest BCUT2D eigenvalue weighted by Gasteiger charge is 2.24. The molecule has 4 aromatic rings. The number of aromatic amines is 1. The summed E-state index contributed by atoms with van der Waals surface area (Å²) in [4.78, 5) is 38.8. The van der Waals surface area contributed by atoms with Crippen LogP contribution in [0.4, 0.5) is 0 Å². The van der Waals surface area contributed by atoms with Crippen LogP contribution in [0.1, 0.15) is 16.2 Å². The molecule has 2 aromatic heterocycles. The molecule has 0 unspecified atom stereocenters. The highest BCUT2D eigenvalue weighted by molar-refractivity contribution is 7.21. The fraction of sp³-hybridized carbons (Fsp3) is 0.208. The van der Waals surface area contributed by atoms with Crippen LogP contribution < -0.4 is 5.56 Å². The van der Waals surface area contributed by atoms with Crippen LogP contribution >= 0.6 is 22.9 Å². The Balaban J connectivity index is 1.28. The number of nitrogens with one attached hydrogen (secondary N) is 1. The van der Waals surface area contributed by atoms with E-state index in [2.05, 4.69) is 9.88 Å². The molecule has 1 amide bonds. The number of aromatic nitrogens is 2. The lowest BCUT2D eigenvalue weighted by Crippen LogP contribution is -2.48. The van der Waals surface area contributed by atoms with E-state index in [0.717, 1.165) is 15.3 Å². The molecule has 1 fully saturated rings. The number of benzene rings is 2. The number of carbonyl (C=O) groups is 1. The van der Waals surface area contributed by atoms with Crippen molar-refractivity contribution in [1.82, 2.24) is 19.8 Å². The molecule has 6 nitrogen and oxygen atoms in total. The van der Waals surface area contributed by atoms with Crippen molar-refractivity contribution < 1.29 is 4.79 Å². The minimum absolute atomic E-state index is 0.0461. The lowest BCUT2D eigenvalue weighted by Gasteiger charge is -2.34. The van der Waals surface area contributed by atoms with Gasteiger partial charge in [0.15, 0.2) is 0 Å². The van der Waals surface area contributed by atoms with Crippen LogP contribution in [0.2, 0.25) is 5.02 Å². The van der Waals surface area contributed by atoms with Crippen molar-refractivity contribution in [2.45, 2.75) is 6.54 Å². The van der Waals surface area contributed by atoms with Gasteiger partial charge in [-0.2, -0.15) is 0 Å². The molecule has 0 saturated carbocycles. The second-order valence-corrected chi connectivity index (χ2v) is 9.19. The van der Waals surface area contributed by atoms with E-state index in [4.69, 9.17) is 16.6 Å². The lowest BCUT2D eigenvalue weighted by atomic mass is 10.2. The molecule has 32 heavy (non-hydrogen) atoms. The predicted octanol–water partition coefficient (Wildman–Crippen LogP) is 4.26. The first kappa shape index (κ1) is 20.9. The summed E-state index contributed by atoms with van der Waals surface area (Å²) >= 11 is 7.71. The SMILES string of the molecule is O=C(c1ccccc1Cl)N1CCN(Cc2nc3sc(-c4ccccc4)cc3c(=O)[nH]2)CC1. The van der Waals surface area contributed by atoms with Gasteiger partial charge in [-0.05, 0) is 23.8 Å². The van der Waals surface area contributed by atoms with E-state index >= 15 is 0 Å². The molecule has 3 heterocycles. The van der Waals surface area contributed by atoms with Gasteiger partial charge in [0.05, 0.1) is 22.5 Å². The zero-order valence-corrected chi connectivity index (χ0v) is 18.8. The summed E-state index contributed by atoms with van der Waals surface area (Å²) in [5.41, 5.74) is 1.50. The van der Waals surface area contributed by atoms with Crippen molar-refractivity contribution in [3.05, 3.63) is 87.4 Å². The second kappa shape index (κ2) is 8.86. The minimum atomic E-state index is -0.115. The van der Waals surface area contributed by atoms with E-state index in [-0.39, 0.29) is 11.5 Å². The molecule has 0 spiro atoms. The number of carbonyl (C=O) groups excluding carboxylic acids is 1. The minimum Gasteiger partial charge on any atom is -0.336 e. The second-order valence-electron chi connectivity index (χ2n) is 7.76. The molecule has 1 N–H and O–H groups in total. The molecule has 5 rings (SSSR count). The number of fused-ring (bicyclic) bond motifs is 1. The van der Waals surface area contributed by atoms with E-state index in [0.29, 0.717) is 54.5 Å². The summed E-state index contributed by atoms with van der Waals surface area (Å²) in [6.07, 6.45) is 0. The van der Waals surface area contributed by atoms with Crippen LogP contribution in [0.15, 0.2) is 65.5 Å². The molecule has 0 radical (unpaired) electrons. The van der Waals surface area contributed by atoms with Gasteiger partial charge in [-0.1, -0.05) is 54.1 Å². The third kappa shape index (κ3) is 4.19. The maximum absolute atomic E-state index is 12.8. The number of thiophene rings is 1. The van der Waals surface area contributed by atoms with Gasteiger partial charge >= 0.3 is 0 Å². The van der Waals surface area contributed by atoms with Crippen molar-refractivity contribution in [3.8, 4) is 10.4 Å². The van der Waals surface area contributed by atoms with Crippen LogP contribution in [-0.2, 0) is 6.54 Å². The summed E-state index contributed by atoms with van der Waals surface area (Å²) in [7, 11) is 0. The molecule has 1 aliphatic rings. The van der Waals surface area contributed by atoms with E-state index in [1.807, 2.05) is 53.4 Å². The summed E-state index contributed by atoms with van der Waals surface area (Å²) < 4.78 is 0. The van der Waals surface area contributed by atoms with Crippen LogP contribution in [0.25, 0.3) is 20.7 Å². The van der Waals surface area contributed by atoms with E-state index in [9.17, 15) is 9.59 Å². The van der Waals surface area contributed by atoms with Gasteiger partial charge in [-0.3, -0.25) is 14.5 Å². The van der Waals surface area contributed by atoms with Gasteiger partial charge in [-0.25, -0.2) is 4.98 Å². The third-order valence-corrected chi connectivity index (χ3v) is 7.05. The fourth-order valence-electron chi connectivity index (χ4n) is 3.92. The highest BCUT2D eigenvalue weighted by atomic mass is 35.5. The van der Waals surface area contributed by atoms with Crippen molar-refractivity contribution in [2.24, 2.45) is 0 Å². The number of rotatable bonds is 4. The van der Waals surface area contributed by atoms with Crippen LogP contribution in [0, 0.1) is 0 Å². The molecule has 1 aliphatic heterocycles. The fourth-order valence-corrected chi connectivity index (χ4v) is 5.19. The molecule has 0 aliphatic carbocycles. The monoisotopic (exact) mass is 464 g/mol. The van der Waals surface area contributed by atoms with E-state index in [1.165, 1.54) is 11.3 Å². The first-order valence-corrected chi connectivity index (χ1v) is 11.6. The normalized spacial score (nSPS) is 14.7. The Hall–Kier alpha value is -3.00. The number of piperazine rings is 1. The van der Waals surface area contributed by atoms with Gasteiger partial charge in [0.1, 0.15) is 10.7 Å². The summed E-state index contributed by atoms with van der Waals surface area (Å²) in [6, 6.07) is 19.0. The maximum Gasteiger partial charge on any atom is 0.259 e. The largest absolute Gasteiger partial charge is 0.336 e. The van der Waals surface area contributed by atoms with Gasteiger partial charge < -0.3 is 9.88 Å². The zero-order chi connectivity index (χ0) is 22.1. The summed E-state index contributed by atoms with van der Waals surface area (Å²) in [5, 5.41) is 1.09. The number of H-pyrrole nitrogens is 1. The topological polar surface area (TPSA) is 69.3 Å². The average molecular weight is 465 g/mol. The van der Waals surface area contributed by atoms with Gasteiger partial charge in [0, 0.05) is 31.1 Å². The number of nitrogens with zero attached hydrogens (tertiary/aromatic N) is 3.